The third-order valence-corrected chi connectivity index (χ3v) is 4.10. The van der Waals surface area contributed by atoms with Gasteiger partial charge < -0.3 is 14.8 Å². The molecule has 150 valence electrons. The number of esters is 1. The normalized spacial score (nSPS) is 10.9. The number of methoxy groups -OCH3 is 1. The highest BCUT2D eigenvalue weighted by Crippen LogP contribution is 2.16. The summed E-state index contributed by atoms with van der Waals surface area (Å²) in [5.74, 6) is 0.213. The quantitative estimate of drug-likeness (QED) is 0.407. The van der Waals surface area contributed by atoms with Crippen LogP contribution in [0.5, 0.6) is 5.75 Å². The predicted molar refractivity (Wildman–Crippen MR) is 111 cm³/mol. The van der Waals surface area contributed by atoms with Gasteiger partial charge in [0.25, 0.3) is 5.91 Å². The van der Waals surface area contributed by atoms with E-state index in [1.54, 1.807) is 55.6 Å². The average molecular weight is 392 g/mol. The van der Waals surface area contributed by atoms with Crippen molar-refractivity contribution < 1.29 is 19.1 Å². The summed E-state index contributed by atoms with van der Waals surface area (Å²) in [6.45, 7) is 4.49. The highest BCUT2D eigenvalue weighted by molar-refractivity contribution is 6.09. The second-order valence-electron chi connectivity index (χ2n) is 6.79. The molecule has 0 aliphatic rings. The lowest BCUT2D eigenvalue weighted by Gasteiger charge is -2.08. The van der Waals surface area contributed by atoms with Crippen molar-refractivity contribution in [2.75, 3.05) is 19.0 Å². The molecule has 2 aromatic carbocycles. The van der Waals surface area contributed by atoms with E-state index in [1.807, 2.05) is 6.07 Å². The Hall–Kier alpha value is -3.59. The molecule has 6 nitrogen and oxygen atoms in total. The van der Waals surface area contributed by atoms with Crippen molar-refractivity contribution in [2.45, 2.75) is 20.3 Å². The monoisotopic (exact) mass is 392 g/mol. The summed E-state index contributed by atoms with van der Waals surface area (Å²) in [5.41, 5.74) is 1.55. The van der Waals surface area contributed by atoms with Crippen LogP contribution in [0.15, 0.2) is 54.1 Å². The smallest absolute Gasteiger partial charge is 0.338 e. The molecule has 0 atom stereocenters. The number of amides is 1. The summed E-state index contributed by atoms with van der Waals surface area (Å²) in [5, 5.41) is 12.0. The standard InChI is InChI=1S/C23H24N2O4/c1-16(2)12-13-29-23(27)18-6-8-20(9-7-18)25-22(26)19(15-24)14-17-4-10-21(28-3)11-5-17/h4-11,14,16H,12-13H2,1-3H3,(H,25,26)/b19-14+. The highest BCUT2D eigenvalue weighted by atomic mass is 16.5. The molecule has 1 N–H and O–H groups in total. The Bertz CT molecular complexity index is 907. The summed E-state index contributed by atoms with van der Waals surface area (Å²) < 4.78 is 10.3. The van der Waals surface area contributed by atoms with Gasteiger partial charge in [-0.05, 0) is 60.4 Å². The third-order valence-electron chi connectivity index (χ3n) is 4.10. The maximum Gasteiger partial charge on any atom is 0.338 e. The predicted octanol–water partition coefficient (Wildman–Crippen LogP) is 4.44. The third kappa shape index (κ3) is 6.82. The lowest BCUT2D eigenvalue weighted by atomic mass is 10.1. The molecule has 0 bridgehead atoms. The van der Waals surface area contributed by atoms with Crippen molar-refractivity contribution in [3.05, 3.63) is 65.2 Å². The molecule has 0 saturated carbocycles. The van der Waals surface area contributed by atoms with Crippen molar-refractivity contribution in [3.63, 3.8) is 0 Å². The summed E-state index contributed by atoms with van der Waals surface area (Å²) in [4.78, 5) is 24.4. The van der Waals surface area contributed by atoms with E-state index in [-0.39, 0.29) is 5.57 Å². The van der Waals surface area contributed by atoms with Crippen LogP contribution in [0, 0.1) is 17.2 Å². The van der Waals surface area contributed by atoms with Crippen molar-refractivity contribution in [1.82, 2.24) is 0 Å². The summed E-state index contributed by atoms with van der Waals surface area (Å²) in [6, 6.07) is 15.3. The van der Waals surface area contributed by atoms with Gasteiger partial charge in [0, 0.05) is 5.69 Å². The van der Waals surface area contributed by atoms with Crippen LogP contribution in [-0.4, -0.2) is 25.6 Å². The van der Waals surface area contributed by atoms with Gasteiger partial charge in [0.2, 0.25) is 0 Å². The maximum atomic E-state index is 12.4. The number of ether oxygens (including phenoxy) is 2. The molecule has 0 aliphatic carbocycles. The van der Waals surface area contributed by atoms with Gasteiger partial charge in [-0.3, -0.25) is 4.79 Å². The molecule has 6 heteroatoms. The molecule has 0 aromatic heterocycles. The first-order chi connectivity index (χ1) is 13.9. The van der Waals surface area contributed by atoms with Gasteiger partial charge in [-0.1, -0.05) is 26.0 Å². The molecular weight excluding hydrogens is 368 g/mol. The lowest BCUT2D eigenvalue weighted by molar-refractivity contribution is -0.112. The molecule has 0 aliphatic heterocycles. The van der Waals surface area contributed by atoms with E-state index in [2.05, 4.69) is 19.2 Å². The first-order valence-corrected chi connectivity index (χ1v) is 9.27. The minimum absolute atomic E-state index is 0.0349. The second-order valence-corrected chi connectivity index (χ2v) is 6.79. The van der Waals surface area contributed by atoms with E-state index in [4.69, 9.17) is 9.47 Å². The zero-order chi connectivity index (χ0) is 21.2. The van der Waals surface area contributed by atoms with Crippen LogP contribution in [0.2, 0.25) is 0 Å². The lowest BCUT2D eigenvalue weighted by Crippen LogP contribution is -2.14. The Morgan fingerprint density at radius 1 is 1.10 bits per heavy atom. The Labute approximate surface area is 170 Å². The Morgan fingerprint density at radius 2 is 1.76 bits per heavy atom. The molecule has 2 rings (SSSR count). The Morgan fingerprint density at radius 3 is 2.31 bits per heavy atom. The number of carbonyl (C=O) groups is 2. The number of rotatable bonds is 8. The van der Waals surface area contributed by atoms with E-state index in [1.165, 1.54) is 6.08 Å². The molecule has 0 radical (unpaired) electrons. The highest BCUT2D eigenvalue weighted by Gasteiger charge is 2.11. The Kier molecular flexibility index (Phi) is 7.99. The minimum Gasteiger partial charge on any atom is -0.497 e. The molecule has 1 amide bonds. The fourth-order valence-electron chi connectivity index (χ4n) is 2.37. The summed E-state index contributed by atoms with van der Waals surface area (Å²) in [7, 11) is 1.57. The molecule has 0 fully saturated rings. The number of anilines is 1. The van der Waals surface area contributed by atoms with E-state index in [9.17, 15) is 14.9 Å². The van der Waals surface area contributed by atoms with Gasteiger partial charge in [0.1, 0.15) is 17.4 Å². The number of nitrogens with zero attached hydrogens (tertiary/aromatic N) is 1. The zero-order valence-corrected chi connectivity index (χ0v) is 16.8. The van der Waals surface area contributed by atoms with Crippen LogP contribution < -0.4 is 10.1 Å². The zero-order valence-electron chi connectivity index (χ0n) is 16.8. The van der Waals surface area contributed by atoms with Gasteiger partial charge >= 0.3 is 5.97 Å². The molecule has 0 unspecified atom stereocenters. The topological polar surface area (TPSA) is 88.4 Å². The fourth-order valence-corrected chi connectivity index (χ4v) is 2.37. The van der Waals surface area contributed by atoms with Crippen LogP contribution in [0.1, 0.15) is 36.2 Å². The molecular formula is C23H24N2O4. The van der Waals surface area contributed by atoms with Gasteiger partial charge in [-0.25, -0.2) is 4.79 Å². The minimum atomic E-state index is -0.532. The number of hydrogen-bond acceptors (Lipinski definition) is 5. The van der Waals surface area contributed by atoms with Gasteiger partial charge in [0.05, 0.1) is 19.3 Å². The summed E-state index contributed by atoms with van der Waals surface area (Å²) >= 11 is 0. The van der Waals surface area contributed by atoms with E-state index in [0.717, 1.165) is 6.42 Å². The van der Waals surface area contributed by atoms with Crippen LogP contribution in [0.25, 0.3) is 6.08 Å². The van der Waals surface area contributed by atoms with Crippen molar-refractivity contribution >= 4 is 23.6 Å². The summed E-state index contributed by atoms with van der Waals surface area (Å²) in [6.07, 6.45) is 2.30. The number of nitrogens with one attached hydrogen (secondary N) is 1. The van der Waals surface area contributed by atoms with Crippen molar-refractivity contribution in [2.24, 2.45) is 5.92 Å². The van der Waals surface area contributed by atoms with Gasteiger partial charge in [0.15, 0.2) is 0 Å². The average Bonchev–Trinajstić information content (AvgIpc) is 2.72. The van der Waals surface area contributed by atoms with Gasteiger partial charge in [-0.2, -0.15) is 5.26 Å². The van der Waals surface area contributed by atoms with Crippen LogP contribution in [0.4, 0.5) is 5.69 Å². The van der Waals surface area contributed by atoms with Crippen LogP contribution >= 0.6 is 0 Å². The number of benzene rings is 2. The molecule has 2 aromatic rings. The van der Waals surface area contributed by atoms with Crippen LogP contribution in [0.3, 0.4) is 0 Å². The molecule has 0 spiro atoms. The first-order valence-electron chi connectivity index (χ1n) is 9.27. The van der Waals surface area contributed by atoms with Crippen molar-refractivity contribution in [1.29, 1.82) is 5.26 Å². The van der Waals surface area contributed by atoms with Crippen molar-refractivity contribution in [3.8, 4) is 11.8 Å². The largest absolute Gasteiger partial charge is 0.497 e. The Balaban J connectivity index is 2.00. The first kappa shape index (κ1) is 21.7. The number of nitriles is 1. The maximum absolute atomic E-state index is 12.4. The number of hydrogen-bond donors (Lipinski definition) is 1. The van der Waals surface area contributed by atoms with E-state index < -0.39 is 11.9 Å². The number of carbonyl (C=O) groups excluding carboxylic acids is 2. The molecule has 29 heavy (non-hydrogen) atoms. The SMILES string of the molecule is COc1ccc(/C=C(\C#N)C(=O)Nc2ccc(C(=O)OCCC(C)C)cc2)cc1. The second kappa shape index (κ2) is 10.7. The van der Waals surface area contributed by atoms with Gasteiger partial charge in [-0.15, -0.1) is 0 Å². The van der Waals surface area contributed by atoms with E-state index >= 15 is 0 Å². The van der Waals surface area contributed by atoms with Crippen LogP contribution in [-0.2, 0) is 9.53 Å². The molecule has 0 saturated heterocycles. The van der Waals surface area contributed by atoms with E-state index in [0.29, 0.717) is 35.1 Å². The molecule has 0 heterocycles. The fraction of sp³-hybridized carbons (Fsp3) is 0.261.